The molecule has 0 aliphatic rings. The molecule has 0 amide bonds. The summed E-state index contributed by atoms with van der Waals surface area (Å²) in [6, 6.07) is 8.94. The van der Waals surface area contributed by atoms with E-state index in [2.05, 4.69) is 57.3 Å². The van der Waals surface area contributed by atoms with Gasteiger partial charge in [0.1, 0.15) is 0 Å². The van der Waals surface area contributed by atoms with Crippen LogP contribution in [0, 0.1) is 0 Å². The maximum Gasteiger partial charge on any atom is 0.0344 e. The molecule has 1 nitrogen and oxygen atoms in total. The molecule has 0 saturated heterocycles. The molecule has 0 bridgehead atoms. The van der Waals surface area contributed by atoms with E-state index in [1.165, 1.54) is 56.2 Å². The van der Waals surface area contributed by atoms with E-state index in [0.29, 0.717) is 0 Å². The first kappa shape index (κ1) is 16.1. The van der Waals surface area contributed by atoms with Gasteiger partial charge in [0, 0.05) is 11.2 Å². The molecule has 108 valence electrons. The fraction of sp³-hybridized carbons (Fsp3) is 0.667. The lowest BCUT2D eigenvalue weighted by molar-refractivity contribution is 0.607. The minimum absolute atomic E-state index is 0.140. The summed E-state index contributed by atoms with van der Waals surface area (Å²) in [5.74, 6) is 0. The molecule has 0 aliphatic heterocycles. The van der Waals surface area contributed by atoms with Crippen LogP contribution in [0.3, 0.4) is 0 Å². The zero-order valence-corrected chi connectivity index (χ0v) is 13.3. The molecule has 0 unspecified atom stereocenters. The van der Waals surface area contributed by atoms with Gasteiger partial charge in [0.25, 0.3) is 0 Å². The lowest BCUT2D eigenvalue weighted by Gasteiger charge is -2.22. The predicted octanol–water partition coefficient (Wildman–Crippen LogP) is 5.80. The molecular weight excluding hydrogens is 230 g/mol. The molecule has 0 spiro atoms. The molecular formula is C18H31N. The molecule has 1 N–H and O–H groups in total. The lowest BCUT2D eigenvalue weighted by atomic mass is 10.0. The summed E-state index contributed by atoms with van der Waals surface area (Å²) in [6.07, 6.45) is 9.47. The van der Waals surface area contributed by atoms with E-state index in [9.17, 15) is 0 Å². The zero-order chi connectivity index (χ0) is 14.1. The van der Waals surface area contributed by atoms with Crippen LogP contribution in [0.2, 0.25) is 0 Å². The van der Waals surface area contributed by atoms with E-state index in [-0.39, 0.29) is 5.54 Å². The van der Waals surface area contributed by atoms with Gasteiger partial charge >= 0.3 is 0 Å². The van der Waals surface area contributed by atoms with Crippen LogP contribution < -0.4 is 5.32 Å². The van der Waals surface area contributed by atoms with Crippen molar-refractivity contribution in [1.29, 1.82) is 0 Å². The highest BCUT2D eigenvalue weighted by atomic mass is 14.9. The van der Waals surface area contributed by atoms with Gasteiger partial charge in [-0.1, -0.05) is 51.2 Å². The molecule has 1 rings (SSSR count). The third-order valence-corrected chi connectivity index (χ3v) is 3.29. The Kier molecular flexibility index (Phi) is 6.97. The van der Waals surface area contributed by atoms with Crippen LogP contribution in [0.1, 0.15) is 71.8 Å². The Hall–Kier alpha value is -0.980. The molecule has 0 saturated carbocycles. The Balaban J connectivity index is 2.25. The van der Waals surface area contributed by atoms with Crippen molar-refractivity contribution in [3.8, 4) is 0 Å². The summed E-state index contributed by atoms with van der Waals surface area (Å²) < 4.78 is 0. The molecule has 1 aromatic carbocycles. The first-order valence-electron chi connectivity index (χ1n) is 7.88. The van der Waals surface area contributed by atoms with Gasteiger partial charge in [-0.2, -0.15) is 0 Å². The maximum atomic E-state index is 3.50. The first-order chi connectivity index (χ1) is 9.01. The highest BCUT2D eigenvalue weighted by Gasteiger charge is 2.08. The van der Waals surface area contributed by atoms with E-state index in [1.54, 1.807) is 0 Å². The standard InChI is InChI=1S/C18H31N/c1-5-6-7-8-9-10-11-16-12-14-17(15-13-16)19-18(2,3)4/h12-15,19H,5-11H2,1-4H3. The number of hydrogen-bond acceptors (Lipinski definition) is 1. The summed E-state index contributed by atoms with van der Waals surface area (Å²) in [7, 11) is 0. The molecule has 0 fully saturated rings. The van der Waals surface area contributed by atoms with Gasteiger partial charge in [0.05, 0.1) is 0 Å². The predicted molar refractivity (Wildman–Crippen MR) is 86.9 cm³/mol. The fourth-order valence-corrected chi connectivity index (χ4v) is 2.30. The van der Waals surface area contributed by atoms with Crippen LogP contribution in [0.4, 0.5) is 5.69 Å². The summed E-state index contributed by atoms with van der Waals surface area (Å²) in [6.45, 7) is 8.85. The van der Waals surface area contributed by atoms with Gasteiger partial charge in [-0.25, -0.2) is 0 Å². The topological polar surface area (TPSA) is 12.0 Å². The number of nitrogens with one attached hydrogen (secondary N) is 1. The van der Waals surface area contributed by atoms with Gasteiger partial charge in [-0.15, -0.1) is 0 Å². The molecule has 0 aromatic heterocycles. The van der Waals surface area contributed by atoms with E-state index in [1.807, 2.05) is 0 Å². The lowest BCUT2D eigenvalue weighted by Crippen LogP contribution is -2.25. The third kappa shape index (κ3) is 7.92. The van der Waals surface area contributed by atoms with Crippen LogP contribution >= 0.6 is 0 Å². The molecule has 19 heavy (non-hydrogen) atoms. The van der Waals surface area contributed by atoms with Gasteiger partial charge in [-0.05, 0) is 51.3 Å². The second kappa shape index (κ2) is 8.24. The van der Waals surface area contributed by atoms with Crippen molar-refractivity contribution in [2.75, 3.05) is 5.32 Å². The Morgan fingerprint density at radius 2 is 1.42 bits per heavy atom. The summed E-state index contributed by atoms with van der Waals surface area (Å²) >= 11 is 0. The Morgan fingerprint density at radius 1 is 0.842 bits per heavy atom. The van der Waals surface area contributed by atoms with Gasteiger partial charge in [0.2, 0.25) is 0 Å². The number of anilines is 1. The largest absolute Gasteiger partial charge is 0.380 e. The number of hydrogen-bond donors (Lipinski definition) is 1. The highest BCUT2D eigenvalue weighted by Crippen LogP contribution is 2.17. The van der Waals surface area contributed by atoms with Crippen LogP contribution in [-0.2, 0) is 6.42 Å². The number of benzene rings is 1. The Labute approximate surface area is 119 Å². The van der Waals surface area contributed by atoms with Crippen LogP contribution in [0.25, 0.3) is 0 Å². The molecule has 0 radical (unpaired) electrons. The smallest absolute Gasteiger partial charge is 0.0344 e. The fourth-order valence-electron chi connectivity index (χ4n) is 2.30. The quantitative estimate of drug-likeness (QED) is 0.583. The summed E-state index contributed by atoms with van der Waals surface area (Å²) in [5, 5.41) is 3.50. The van der Waals surface area contributed by atoms with E-state index >= 15 is 0 Å². The second-order valence-corrected chi connectivity index (χ2v) is 6.59. The third-order valence-electron chi connectivity index (χ3n) is 3.29. The molecule has 1 aromatic rings. The number of unbranched alkanes of at least 4 members (excludes halogenated alkanes) is 5. The van der Waals surface area contributed by atoms with Gasteiger partial charge < -0.3 is 5.32 Å². The molecule has 0 atom stereocenters. The average Bonchev–Trinajstić information content (AvgIpc) is 2.34. The number of aryl methyl sites for hydroxylation is 1. The van der Waals surface area contributed by atoms with Crippen LogP contribution in [-0.4, -0.2) is 5.54 Å². The second-order valence-electron chi connectivity index (χ2n) is 6.59. The average molecular weight is 261 g/mol. The minimum atomic E-state index is 0.140. The Morgan fingerprint density at radius 3 is 2.00 bits per heavy atom. The normalized spacial score (nSPS) is 11.6. The van der Waals surface area contributed by atoms with E-state index in [0.717, 1.165) is 0 Å². The van der Waals surface area contributed by atoms with Gasteiger partial charge in [0.15, 0.2) is 0 Å². The van der Waals surface area contributed by atoms with E-state index < -0.39 is 0 Å². The molecule has 1 heteroatoms. The highest BCUT2D eigenvalue weighted by molar-refractivity contribution is 5.46. The SMILES string of the molecule is CCCCCCCCc1ccc(NC(C)(C)C)cc1. The minimum Gasteiger partial charge on any atom is -0.380 e. The van der Waals surface area contributed by atoms with Crippen molar-refractivity contribution < 1.29 is 0 Å². The van der Waals surface area contributed by atoms with Crippen molar-refractivity contribution in [2.24, 2.45) is 0 Å². The van der Waals surface area contributed by atoms with Crippen molar-refractivity contribution in [2.45, 2.75) is 78.2 Å². The summed E-state index contributed by atoms with van der Waals surface area (Å²) in [5.41, 5.74) is 2.83. The van der Waals surface area contributed by atoms with E-state index in [4.69, 9.17) is 0 Å². The van der Waals surface area contributed by atoms with Crippen molar-refractivity contribution >= 4 is 5.69 Å². The Bertz CT molecular complexity index is 332. The number of rotatable bonds is 8. The van der Waals surface area contributed by atoms with Crippen LogP contribution in [0.15, 0.2) is 24.3 Å². The zero-order valence-electron chi connectivity index (χ0n) is 13.3. The van der Waals surface area contributed by atoms with Gasteiger partial charge in [-0.3, -0.25) is 0 Å². The van der Waals surface area contributed by atoms with Crippen molar-refractivity contribution in [3.05, 3.63) is 29.8 Å². The van der Waals surface area contributed by atoms with Crippen molar-refractivity contribution in [3.63, 3.8) is 0 Å². The first-order valence-corrected chi connectivity index (χ1v) is 7.88. The van der Waals surface area contributed by atoms with Crippen LogP contribution in [0.5, 0.6) is 0 Å². The summed E-state index contributed by atoms with van der Waals surface area (Å²) in [4.78, 5) is 0. The maximum absolute atomic E-state index is 3.50. The van der Waals surface area contributed by atoms with Crippen molar-refractivity contribution in [1.82, 2.24) is 0 Å². The monoisotopic (exact) mass is 261 g/mol. The molecule has 0 heterocycles. The molecule has 0 aliphatic carbocycles.